The second-order valence-electron chi connectivity index (χ2n) is 7.00. The van der Waals surface area contributed by atoms with Crippen molar-refractivity contribution in [1.82, 2.24) is 0 Å². The molecule has 0 bridgehead atoms. The number of thioether (sulfide) groups is 1. The number of rotatable bonds is 4. The number of β-amino-alcohol motifs (C(OH)–C–C–N with tert-alkyl or cyclic N) is 1. The molecule has 138 valence electrons. The number of nitrogens with zero attached hydrogens (tertiary/aromatic N) is 2. The van der Waals surface area contributed by atoms with Gasteiger partial charge in [-0.05, 0) is 56.2 Å². The molecular formula is C23H25N2OS+. The number of fused-ring (bicyclic) bond motifs is 2. The number of hydrogen-bond donors (Lipinski definition) is 1. The van der Waals surface area contributed by atoms with E-state index in [0.717, 1.165) is 6.54 Å². The number of aryl methyl sites for hydroxylation is 3. The second-order valence-corrected chi connectivity index (χ2v) is 8.06. The van der Waals surface area contributed by atoms with Gasteiger partial charge in [-0.25, -0.2) is 0 Å². The van der Waals surface area contributed by atoms with Crippen LogP contribution in [0.15, 0.2) is 58.5 Å². The Morgan fingerprint density at radius 3 is 2.56 bits per heavy atom. The summed E-state index contributed by atoms with van der Waals surface area (Å²) < 4.78 is 2.36. The van der Waals surface area contributed by atoms with Gasteiger partial charge in [-0.2, -0.15) is 4.57 Å². The molecule has 0 radical (unpaired) electrons. The molecule has 4 rings (SSSR count). The third-order valence-electron chi connectivity index (χ3n) is 5.02. The molecule has 4 heteroatoms. The fourth-order valence-electron chi connectivity index (χ4n) is 3.69. The van der Waals surface area contributed by atoms with Gasteiger partial charge >= 0.3 is 0 Å². The Morgan fingerprint density at radius 1 is 1.04 bits per heavy atom. The summed E-state index contributed by atoms with van der Waals surface area (Å²) in [6.45, 7) is 8.09. The maximum absolute atomic E-state index is 9.59. The molecule has 0 atom stereocenters. The second kappa shape index (κ2) is 7.37. The smallest absolute Gasteiger partial charge is 0.213 e. The van der Waals surface area contributed by atoms with Gasteiger partial charge in [0.15, 0.2) is 0 Å². The van der Waals surface area contributed by atoms with Crippen LogP contribution >= 0.6 is 11.8 Å². The van der Waals surface area contributed by atoms with E-state index < -0.39 is 0 Å². The molecule has 0 aliphatic carbocycles. The molecule has 0 fully saturated rings. The molecule has 1 aliphatic rings. The zero-order valence-corrected chi connectivity index (χ0v) is 16.9. The van der Waals surface area contributed by atoms with E-state index in [9.17, 15) is 5.11 Å². The normalized spacial score (nSPS) is 15.0. The van der Waals surface area contributed by atoms with Crippen molar-refractivity contribution in [3.05, 3.63) is 70.4 Å². The Hall–Kier alpha value is -2.30. The van der Waals surface area contributed by atoms with Crippen LogP contribution in [0.2, 0.25) is 0 Å². The first kappa shape index (κ1) is 18.1. The highest BCUT2D eigenvalue weighted by Crippen LogP contribution is 2.46. The molecule has 0 spiro atoms. The van der Waals surface area contributed by atoms with Crippen LogP contribution in [0.3, 0.4) is 0 Å². The first-order valence-electron chi connectivity index (χ1n) is 9.42. The molecule has 3 aromatic rings. The standard InChI is InChI=1S/C23H25N2OS/c1-4-24-19(9-8-18-7-5-16(2)13-20(18)24)15-23-25(11-12-26)21-14-17(3)6-10-22(21)27-23/h5-10,13-15,26H,4,11-12H2,1-3H3/q+1. The Morgan fingerprint density at radius 2 is 1.78 bits per heavy atom. The summed E-state index contributed by atoms with van der Waals surface area (Å²) in [5.74, 6) is 0. The highest BCUT2D eigenvalue weighted by Gasteiger charge is 2.26. The van der Waals surface area contributed by atoms with Crippen molar-refractivity contribution in [2.45, 2.75) is 32.2 Å². The highest BCUT2D eigenvalue weighted by atomic mass is 32.2. The predicted octanol–water partition coefficient (Wildman–Crippen LogP) is 4.67. The van der Waals surface area contributed by atoms with Crippen molar-refractivity contribution < 1.29 is 9.67 Å². The lowest BCUT2D eigenvalue weighted by molar-refractivity contribution is -0.669. The third-order valence-corrected chi connectivity index (χ3v) is 6.13. The third kappa shape index (κ3) is 3.35. The average molecular weight is 378 g/mol. The minimum absolute atomic E-state index is 0.135. The van der Waals surface area contributed by atoms with Crippen LogP contribution in [-0.4, -0.2) is 18.3 Å². The molecule has 1 aliphatic heterocycles. The van der Waals surface area contributed by atoms with Crippen molar-refractivity contribution in [3.8, 4) is 0 Å². The number of hydrogen-bond acceptors (Lipinski definition) is 3. The molecule has 0 amide bonds. The number of benzene rings is 2. The number of aliphatic hydroxyl groups excluding tert-OH is 1. The fraction of sp³-hybridized carbons (Fsp3) is 0.261. The lowest BCUT2D eigenvalue weighted by Gasteiger charge is -2.19. The molecule has 2 heterocycles. The largest absolute Gasteiger partial charge is 0.395 e. The quantitative estimate of drug-likeness (QED) is 0.670. The van der Waals surface area contributed by atoms with E-state index in [0.29, 0.717) is 6.54 Å². The van der Waals surface area contributed by atoms with E-state index in [1.165, 1.54) is 43.3 Å². The Labute approximate surface area is 165 Å². The summed E-state index contributed by atoms with van der Waals surface area (Å²) in [5.41, 5.74) is 6.15. The maximum atomic E-state index is 9.59. The van der Waals surface area contributed by atoms with Gasteiger partial charge in [-0.15, -0.1) is 0 Å². The van der Waals surface area contributed by atoms with Crippen LogP contribution in [0.25, 0.3) is 17.0 Å². The van der Waals surface area contributed by atoms with Gasteiger partial charge in [0.2, 0.25) is 11.2 Å². The number of aliphatic hydroxyl groups is 1. The van der Waals surface area contributed by atoms with Crippen LogP contribution in [0, 0.1) is 13.8 Å². The van der Waals surface area contributed by atoms with E-state index in [1.54, 1.807) is 11.8 Å². The fourth-order valence-corrected chi connectivity index (χ4v) is 4.80. The van der Waals surface area contributed by atoms with Gasteiger partial charge in [0, 0.05) is 35.0 Å². The number of pyridine rings is 1. The van der Waals surface area contributed by atoms with E-state index in [2.05, 4.69) is 84.8 Å². The molecule has 1 aromatic heterocycles. The monoisotopic (exact) mass is 377 g/mol. The summed E-state index contributed by atoms with van der Waals surface area (Å²) in [6.07, 6.45) is 2.25. The van der Waals surface area contributed by atoms with E-state index in [1.807, 2.05) is 0 Å². The van der Waals surface area contributed by atoms with Gasteiger partial charge in [0.05, 0.1) is 17.3 Å². The Balaban J connectivity index is 1.83. The minimum atomic E-state index is 0.135. The van der Waals surface area contributed by atoms with Crippen molar-refractivity contribution in [2.75, 3.05) is 18.1 Å². The van der Waals surface area contributed by atoms with Crippen molar-refractivity contribution in [2.24, 2.45) is 0 Å². The summed E-state index contributed by atoms with van der Waals surface area (Å²) >= 11 is 1.78. The van der Waals surface area contributed by atoms with Gasteiger partial charge in [-0.3, -0.25) is 0 Å². The van der Waals surface area contributed by atoms with Crippen molar-refractivity contribution in [1.29, 1.82) is 0 Å². The maximum Gasteiger partial charge on any atom is 0.213 e. The summed E-state index contributed by atoms with van der Waals surface area (Å²) in [5, 5.41) is 12.0. The van der Waals surface area contributed by atoms with Crippen molar-refractivity contribution >= 4 is 34.4 Å². The van der Waals surface area contributed by atoms with E-state index in [4.69, 9.17) is 0 Å². The van der Waals surface area contributed by atoms with E-state index >= 15 is 0 Å². The Kier molecular flexibility index (Phi) is 4.94. The molecule has 0 unspecified atom stereocenters. The van der Waals surface area contributed by atoms with Crippen molar-refractivity contribution in [3.63, 3.8) is 0 Å². The van der Waals surface area contributed by atoms with Gasteiger partial charge in [0.1, 0.15) is 6.54 Å². The van der Waals surface area contributed by atoms with Crippen LogP contribution in [0.4, 0.5) is 5.69 Å². The molecule has 0 saturated heterocycles. The molecule has 3 nitrogen and oxygen atoms in total. The van der Waals surface area contributed by atoms with Crippen LogP contribution in [-0.2, 0) is 6.54 Å². The molecular weight excluding hydrogens is 352 g/mol. The molecule has 2 aromatic carbocycles. The molecule has 27 heavy (non-hydrogen) atoms. The molecule has 1 N–H and O–H groups in total. The minimum Gasteiger partial charge on any atom is -0.395 e. The van der Waals surface area contributed by atoms with Gasteiger partial charge < -0.3 is 10.0 Å². The first-order valence-corrected chi connectivity index (χ1v) is 10.2. The lowest BCUT2D eigenvalue weighted by Crippen LogP contribution is -2.37. The highest BCUT2D eigenvalue weighted by molar-refractivity contribution is 8.03. The zero-order chi connectivity index (χ0) is 19.0. The van der Waals surface area contributed by atoms with Gasteiger partial charge in [-0.1, -0.05) is 23.9 Å². The average Bonchev–Trinajstić information content (AvgIpc) is 2.98. The lowest BCUT2D eigenvalue weighted by atomic mass is 10.1. The van der Waals surface area contributed by atoms with Crippen LogP contribution in [0.5, 0.6) is 0 Å². The van der Waals surface area contributed by atoms with Crippen LogP contribution < -0.4 is 9.47 Å². The SMILES string of the molecule is CC[n+]1c(/C=C2\Sc3ccc(C)cc3N2CCO)ccc2ccc(C)cc21. The first-order chi connectivity index (χ1) is 13.1. The van der Waals surface area contributed by atoms with Crippen LogP contribution in [0.1, 0.15) is 23.7 Å². The van der Waals surface area contributed by atoms with Gasteiger partial charge in [0.25, 0.3) is 0 Å². The topological polar surface area (TPSA) is 27.4 Å². The summed E-state index contributed by atoms with van der Waals surface area (Å²) in [4.78, 5) is 3.48. The summed E-state index contributed by atoms with van der Waals surface area (Å²) in [6, 6.07) is 17.5. The van der Waals surface area contributed by atoms with E-state index in [-0.39, 0.29) is 6.61 Å². The zero-order valence-electron chi connectivity index (χ0n) is 16.1. The number of aromatic nitrogens is 1. The summed E-state index contributed by atoms with van der Waals surface area (Å²) in [7, 11) is 0. The Bertz CT molecular complexity index is 1040. The number of anilines is 1. The predicted molar refractivity (Wildman–Crippen MR) is 114 cm³/mol. The molecule has 0 saturated carbocycles.